The molecule has 1 rings (SSSR count). The highest BCUT2D eigenvalue weighted by atomic mass is 19.4. The Morgan fingerprint density at radius 1 is 1.35 bits per heavy atom. The number of hydrogen-bond donors (Lipinski definition) is 2. The van der Waals surface area contributed by atoms with Crippen molar-refractivity contribution >= 4 is 5.91 Å². The molecule has 0 saturated heterocycles. The molecule has 94 valence electrons. The number of halogens is 4. The van der Waals surface area contributed by atoms with E-state index in [0.717, 1.165) is 0 Å². The van der Waals surface area contributed by atoms with Gasteiger partial charge in [0.25, 0.3) is 0 Å². The molecule has 0 heterocycles. The van der Waals surface area contributed by atoms with Crippen molar-refractivity contribution in [2.24, 2.45) is 11.5 Å². The maximum absolute atomic E-state index is 13.3. The number of alkyl halides is 3. The van der Waals surface area contributed by atoms with Crippen LogP contribution in [0, 0.1) is 5.82 Å². The van der Waals surface area contributed by atoms with Gasteiger partial charge in [-0.25, -0.2) is 4.39 Å². The molecule has 7 heteroatoms. The fourth-order valence-electron chi connectivity index (χ4n) is 1.33. The lowest BCUT2D eigenvalue weighted by molar-refractivity contribution is -0.137. The smallest absolute Gasteiger partial charge is 0.370 e. The molecule has 4 N–H and O–H groups in total. The van der Waals surface area contributed by atoms with Gasteiger partial charge in [-0.1, -0.05) is 0 Å². The highest BCUT2D eigenvalue weighted by Gasteiger charge is 2.31. The first-order chi connectivity index (χ1) is 7.71. The summed E-state index contributed by atoms with van der Waals surface area (Å²) >= 11 is 0. The summed E-state index contributed by atoms with van der Waals surface area (Å²) in [7, 11) is 0. The van der Waals surface area contributed by atoms with E-state index in [1.54, 1.807) is 0 Å². The van der Waals surface area contributed by atoms with Gasteiger partial charge in [-0.3, -0.25) is 4.79 Å². The molecule has 1 unspecified atom stereocenters. The van der Waals surface area contributed by atoms with Gasteiger partial charge in [-0.15, -0.1) is 0 Å². The molecule has 1 amide bonds. The molecule has 0 saturated carbocycles. The van der Waals surface area contributed by atoms with E-state index in [4.69, 9.17) is 11.5 Å². The van der Waals surface area contributed by atoms with Crippen LogP contribution in [0.5, 0.6) is 0 Å². The molecule has 0 fully saturated rings. The molecule has 1 aromatic rings. The summed E-state index contributed by atoms with van der Waals surface area (Å²) in [6.45, 7) is 0. The van der Waals surface area contributed by atoms with Crippen molar-refractivity contribution in [1.82, 2.24) is 0 Å². The molecule has 1 atom stereocenters. The maximum Gasteiger partial charge on any atom is 0.416 e. The van der Waals surface area contributed by atoms with E-state index < -0.39 is 35.9 Å². The Morgan fingerprint density at radius 2 is 1.94 bits per heavy atom. The van der Waals surface area contributed by atoms with Gasteiger partial charge in [0.2, 0.25) is 5.91 Å². The lowest BCUT2D eigenvalue weighted by Gasteiger charge is -2.14. The Morgan fingerprint density at radius 3 is 2.41 bits per heavy atom. The Bertz CT molecular complexity index is 431. The lowest BCUT2D eigenvalue weighted by Crippen LogP contribution is -2.22. The van der Waals surface area contributed by atoms with Crippen molar-refractivity contribution in [3.63, 3.8) is 0 Å². The minimum Gasteiger partial charge on any atom is -0.370 e. The Kier molecular flexibility index (Phi) is 3.72. The number of carbonyl (C=O) groups is 1. The fraction of sp³-hybridized carbons (Fsp3) is 0.300. The summed E-state index contributed by atoms with van der Waals surface area (Å²) in [5, 5.41) is 0. The second kappa shape index (κ2) is 4.70. The lowest BCUT2D eigenvalue weighted by atomic mass is 10.0. The van der Waals surface area contributed by atoms with Gasteiger partial charge in [0.05, 0.1) is 5.56 Å². The molecule has 0 bridgehead atoms. The molecule has 17 heavy (non-hydrogen) atoms. The van der Waals surface area contributed by atoms with Crippen molar-refractivity contribution in [2.45, 2.75) is 18.6 Å². The fourth-order valence-corrected chi connectivity index (χ4v) is 1.33. The summed E-state index contributed by atoms with van der Waals surface area (Å²) in [4.78, 5) is 10.6. The third kappa shape index (κ3) is 3.42. The summed E-state index contributed by atoms with van der Waals surface area (Å²) in [5.74, 6) is -1.71. The van der Waals surface area contributed by atoms with Gasteiger partial charge in [0.15, 0.2) is 0 Å². The molecule has 1 aromatic carbocycles. The van der Waals surface area contributed by atoms with Crippen molar-refractivity contribution in [1.29, 1.82) is 0 Å². The maximum atomic E-state index is 13.3. The van der Waals surface area contributed by atoms with E-state index in [1.165, 1.54) is 0 Å². The number of primary amides is 1. The minimum absolute atomic E-state index is 0.376. The second-order valence-electron chi connectivity index (χ2n) is 3.51. The third-order valence-corrected chi connectivity index (χ3v) is 2.14. The van der Waals surface area contributed by atoms with Crippen molar-refractivity contribution in [3.05, 3.63) is 35.1 Å². The number of carbonyl (C=O) groups excluding carboxylic acids is 1. The zero-order chi connectivity index (χ0) is 13.2. The van der Waals surface area contributed by atoms with Gasteiger partial charge < -0.3 is 11.5 Å². The second-order valence-corrected chi connectivity index (χ2v) is 3.51. The quantitative estimate of drug-likeness (QED) is 0.802. The van der Waals surface area contributed by atoms with Gasteiger partial charge >= 0.3 is 6.18 Å². The van der Waals surface area contributed by atoms with E-state index in [2.05, 4.69) is 0 Å². The number of benzene rings is 1. The van der Waals surface area contributed by atoms with Gasteiger partial charge in [-0.2, -0.15) is 13.2 Å². The van der Waals surface area contributed by atoms with Crippen LogP contribution in [0.25, 0.3) is 0 Å². The molecular weight excluding hydrogens is 240 g/mol. The number of nitrogens with two attached hydrogens (primary N) is 2. The van der Waals surface area contributed by atoms with Crippen LogP contribution in [0.15, 0.2) is 18.2 Å². The molecule has 0 spiro atoms. The summed E-state index contributed by atoms with van der Waals surface area (Å²) in [6, 6.07) is 0.674. The normalized spacial score (nSPS) is 13.5. The first-order valence-electron chi connectivity index (χ1n) is 4.62. The highest BCUT2D eigenvalue weighted by molar-refractivity contribution is 5.74. The van der Waals surface area contributed by atoms with Crippen LogP contribution >= 0.6 is 0 Å². The minimum atomic E-state index is -4.59. The molecule has 0 aliphatic heterocycles. The topological polar surface area (TPSA) is 69.1 Å². The van der Waals surface area contributed by atoms with Crippen LogP contribution in [0.2, 0.25) is 0 Å². The molecular formula is C10H10F4N2O. The zero-order valence-electron chi connectivity index (χ0n) is 8.59. The van der Waals surface area contributed by atoms with Crippen molar-refractivity contribution in [2.75, 3.05) is 0 Å². The van der Waals surface area contributed by atoms with Crippen LogP contribution in [-0.2, 0) is 11.0 Å². The average Bonchev–Trinajstić information content (AvgIpc) is 2.15. The first kappa shape index (κ1) is 13.4. The summed E-state index contributed by atoms with van der Waals surface area (Å²) in [6.07, 6.45) is -5.01. The third-order valence-electron chi connectivity index (χ3n) is 2.14. The molecule has 0 aliphatic carbocycles. The Balaban J connectivity index is 3.10. The van der Waals surface area contributed by atoms with Crippen molar-refractivity contribution in [3.8, 4) is 0 Å². The largest absolute Gasteiger partial charge is 0.416 e. The van der Waals surface area contributed by atoms with E-state index in [0.29, 0.717) is 18.2 Å². The van der Waals surface area contributed by atoms with Crippen molar-refractivity contribution < 1.29 is 22.4 Å². The standard InChI is InChI=1S/C10H10F4N2O/c11-7-2-1-5(10(12,13)14)3-6(7)8(15)4-9(16)17/h1-3,8H,4,15H2,(H2,16,17). The Hall–Kier alpha value is -1.63. The highest BCUT2D eigenvalue weighted by Crippen LogP contribution is 2.31. The van der Waals surface area contributed by atoms with Gasteiger partial charge in [-0.05, 0) is 18.2 Å². The molecule has 0 aliphatic rings. The van der Waals surface area contributed by atoms with Crippen LogP contribution in [0.1, 0.15) is 23.6 Å². The van der Waals surface area contributed by atoms with Crippen LogP contribution in [0.4, 0.5) is 17.6 Å². The number of amides is 1. The van der Waals surface area contributed by atoms with Gasteiger partial charge in [0.1, 0.15) is 5.82 Å². The van der Waals surface area contributed by atoms with E-state index >= 15 is 0 Å². The SMILES string of the molecule is NC(=O)CC(N)c1cc(C(F)(F)F)ccc1F. The predicted molar refractivity (Wildman–Crippen MR) is 52.1 cm³/mol. The monoisotopic (exact) mass is 250 g/mol. The number of rotatable bonds is 3. The predicted octanol–water partition coefficient (Wildman–Crippen LogP) is 1.72. The molecule has 0 radical (unpaired) electrons. The summed E-state index contributed by atoms with van der Waals surface area (Å²) in [5.41, 5.74) is 8.85. The van der Waals surface area contributed by atoms with Crippen LogP contribution in [-0.4, -0.2) is 5.91 Å². The Labute approximate surface area is 94.4 Å². The zero-order valence-corrected chi connectivity index (χ0v) is 8.59. The van der Waals surface area contributed by atoms with E-state index in [9.17, 15) is 22.4 Å². The molecule has 3 nitrogen and oxygen atoms in total. The van der Waals surface area contributed by atoms with E-state index in [-0.39, 0.29) is 5.56 Å². The summed E-state index contributed by atoms with van der Waals surface area (Å²) < 4.78 is 50.4. The average molecular weight is 250 g/mol. The van der Waals surface area contributed by atoms with Gasteiger partial charge in [0, 0.05) is 18.0 Å². The van der Waals surface area contributed by atoms with Crippen LogP contribution < -0.4 is 11.5 Å². The van der Waals surface area contributed by atoms with Crippen LogP contribution in [0.3, 0.4) is 0 Å². The molecule has 0 aromatic heterocycles. The number of hydrogen-bond acceptors (Lipinski definition) is 2. The first-order valence-corrected chi connectivity index (χ1v) is 4.62. The van der Waals surface area contributed by atoms with E-state index in [1.807, 2.05) is 0 Å².